The maximum Gasteiger partial charge on any atom is 0.319 e. The molecule has 5 aromatic carbocycles. The first-order valence-corrected chi connectivity index (χ1v) is 20.6. The molecular weight excluding hydrogens is 690 g/mol. The molecule has 0 saturated carbocycles. The van der Waals surface area contributed by atoms with E-state index in [-0.39, 0.29) is 16.5 Å². The number of nitriles is 1. The molecule has 0 aliphatic carbocycles. The van der Waals surface area contributed by atoms with Crippen molar-refractivity contribution in [2.24, 2.45) is 0 Å². The molecule has 1 amide bonds. The zero-order valence-electron chi connectivity index (χ0n) is 31.2. The second kappa shape index (κ2) is 15.8. The molecule has 1 aliphatic rings. The predicted molar refractivity (Wildman–Crippen MR) is 216 cm³/mol. The van der Waals surface area contributed by atoms with Gasteiger partial charge in [-0.2, -0.15) is 5.26 Å². The lowest BCUT2D eigenvalue weighted by Gasteiger charge is -2.43. The Bertz CT molecular complexity index is 2240. The summed E-state index contributed by atoms with van der Waals surface area (Å²) >= 11 is 0. The van der Waals surface area contributed by atoms with Crippen molar-refractivity contribution in [3.8, 4) is 11.8 Å². The third kappa shape index (κ3) is 7.58. The Balaban J connectivity index is 1.05. The first kappa shape index (κ1) is 36.8. The molecule has 1 saturated heterocycles. The molecule has 0 N–H and O–H groups in total. The van der Waals surface area contributed by atoms with Crippen LogP contribution in [-0.2, 0) is 24.2 Å². The van der Waals surface area contributed by atoms with Gasteiger partial charge in [0.05, 0.1) is 24.1 Å². The minimum atomic E-state index is -2.84. The van der Waals surface area contributed by atoms with Crippen LogP contribution in [0.15, 0.2) is 128 Å². The van der Waals surface area contributed by atoms with Gasteiger partial charge >= 0.3 is 8.32 Å². The van der Waals surface area contributed by atoms with E-state index in [9.17, 15) is 9.18 Å². The van der Waals surface area contributed by atoms with Gasteiger partial charge in [-0.05, 0) is 69.5 Å². The highest BCUT2D eigenvalue weighted by molar-refractivity contribution is 7.00. The first-order chi connectivity index (χ1) is 26.2. The number of aryl methyl sites for hydroxylation is 2. The van der Waals surface area contributed by atoms with Crippen molar-refractivity contribution in [3.63, 3.8) is 0 Å². The molecule has 7 rings (SSSR count). The van der Waals surface area contributed by atoms with E-state index >= 15 is 0 Å². The number of imidazole rings is 1. The van der Waals surface area contributed by atoms with Gasteiger partial charge in [0, 0.05) is 49.9 Å². The number of fused-ring (bicyclic) bond motifs is 1. The summed E-state index contributed by atoms with van der Waals surface area (Å²) < 4.78 is 23.6. The summed E-state index contributed by atoms with van der Waals surface area (Å²) in [4.78, 5) is 22.4. The molecule has 54 heavy (non-hydrogen) atoms. The Labute approximate surface area is 318 Å². The molecule has 274 valence electrons. The fraction of sp³-hybridized carbons (Fsp3) is 0.267. The molecule has 2 heterocycles. The second-order valence-electron chi connectivity index (χ2n) is 15.1. The van der Waals surface area contributed by atoms with Gasteiger partial charge in [0.25, 0.3) is 0 Å². The smallest absolute Gasteiger partial charge is 0.319 e. The predicted octanol–water partition coefficient (Wildman–Crippen LogP) is 7.51. The lowest BCUT2D eigenvalue weighted by Crippen LogP contribution is -2.68. The quantitative estimate of drug-likeness (QED) is 0.122. The third-order valence-electron chi connectivity index (χ3n) is 10.6. The maximum absolute atomic E-state index is 14.0. The summed E-state index contributed by atoms with van der Waals surface area (Å²) in [5, 5.41) is 13.3. The van der Waals surface area contributed by atoms with Gasteiger partial charge < -0.3 is 13.9 Å². The Hall–Kier alpha value is -5.56. The monoisotopic (exact) mass is 735 g/mol. The van der Waals surface area contributed by atoms with E-state index in [1.165, 1.54) is 22.5 Å². The summed E-state index contributed by atoms with van der Waals surface area (Å²) in [6.45, 7) is 10.0. The number of benzene rings is 5. The van der Waals surface area contributed by atoms with Crippen molar-refractivity contribution in [1.29, 1.82) is 5.26 Å². The van der Waals surface area contributed by atoms with Crippen LogP contribution in [0.25, 0.3) is 10.8 Å². The van der Waals surface area contributed by atoms with E-state index in [4.69, 9.17) is 9.69 Å². The number of aromatic nitrogens is 2. The van der Waals surface area contributed by atoms with Gasteiger partial charge in [-0.1, -0.05) is 106 Å². The average molecular weight is 736 g/mol. The van der Waals surface area contributed by atoms with E-state index in [2.05, 4.69) is 120 Å². The summed E-state index contributed by atoms with van der Waals surface area (Å²) in [5.41, 5.74) is 2.96. The Morgan fingerprint density at radius 1 is 0.852 bits per heavy atom. The molecule has 0 spiro atoms. The van der Waals surface area contributed by atoms with E-state index in [0.29, 0.717) is 19.5 Å². The van der Waals surface area contributed by atoms with Crippen molar-refractivity contribution in [2.45, 2.75) is 51.6 Å². The van der Waals surface area contributed by atoms with Gasteiger partial charge in [0.1, 0.15) is 17.6 Å². The Morgan fingerprint density at radius 2 is 1.59 bits per heavy atom. The third-order valence-corrected chi connectivity index (χ3v) is 15.6. The van der Waals surface area contributed by atoms with Gasteiger partial charge in [-0.3, -0.25) is 9.69 Å². The SMILES string of the molecule is CC(C)(C)[Si](Oc1ccc2cccc(N3CCN(CCc4cncn4CCCc4ccc(C#N)c(F)c4)CC3=O)c2c1)(c1ccccc1)c1ccccc1. The fourth-order valence-corrected chi connectivity index (χ4v) is 12.2. The van der Waals surface area contributed by atoms with Crippen molar-refractivity contribution < 1.29 is 13.6 Å². The van der Waals surface area contributed by atoms with Crippen molar-refractivity contribution >= 4 is 41.1 Å². The normalized spacial score (nSPS) is 14.0. The number of halogens is 1. The standard InChI is InChI=1S/C45H46FN5O2Si/c1-45(2,3)54(39-14-6-4-7-15-39,40-16-8-5-9-17-40)53-38-22-21-35-13-10-18-43(41(35)29-38)51-27-26-49(32-44(51)52)25-23-37-31-48-33-50(37)24-11-12-34-19-20-36(30-47)42(46)28-34/h4-10,13-22,28-29,31,33H,11-12,23-27,32H2,1-3H3. The topological polar surface area (TPSA) is 74.4 Å². The average Bonchev–Trinajstić information content (AvgIpc) is 3.63. The largest absolute Gasteiger partial charge is 0.534 e. The molecule has 7 nitrogen and oxygen atoms in total. The van der Waals surface area contributed by atoms with E-state index in [1.807, 2.05) is 41.7 Å². The Morgan fingerprint density at radius 3 is 2.26 bits per heavy atom. The van der Waals surface area contributed by atoms with Crippen LogP contribution in [0, 0.1) is 17.1 Å². The van der Waals surface area contributed by atoms with E-state index in [0.717, 1.165) is 65.9 Å². The number of amides is 1. The summed E-state index contributed by atoms with van der Waals surface area (Å²) in [5.74, 6) is 0.407. The van der Waals surface area contributed by atoms with Crippen molar-refractivity contribution in [3.05, 3.63) is 150 Å². The minimum absolute atomic E-state index is 0.0676. The molecule has 1 fully saturated rings. The van der Waals surface area contributed by atoms with Crippen LogP contribution in [0.1, 0.15) is 44.0 Å². The summed E-state index contributed by atoms with van der Waals surface area (Å²) in [6.07, 6.45) is 6.03. The second-order valence-corrected chi connectivity index (χ2v) is 19.3. The fourth-order valence-electron chi connectivity index (χ4n) is 7.82. The maximum atomic E-state index is 14.0. The lowest BCUT2D eigenvalue weighted by atomic mass is 10.1. The number of anilines is 1. The zero-order valence-corrected chi connectivity index (χ0v) is 32.2. The summed E-state index contributed by atoms with van der Waals surface area (Å²) in [7, 11) is -2.84. The van der Waals surface area contributed by atoms with Crippen LogP contribution >= 0.6 is 0 Å². The molecule has 6 aromatic rings. The number of piperazine rings is 1. The van der Waals surface area contributed by atoms with Gasteiger partial charge in [0.2, 0.25) is 5.91 Å². The highest BCUT2D eigenvalue weighted by atomic mass is 28.4. The number of hydrogen-bond donors (Lipinski definition) is 0. The van der Waals surface area contributed by atoms with Crippen molar-refractivity contribution in [2.75, 3.05) is 31.1 Å². The first-order valence-electron chi connectivity index (χ1n) is 18.7. The number of nitrogens with zero attached hydrogens (tertiary/aromatic N) is 5. The van der Waals surface area contributed by atoms with E-state index < -0.39 is 14.1 Å². The summed E-state index contributed by atoms with van der Waals surface area (Å²) in [6, 6.07) is 40.4. The van der Waals surface area contributed by atoms with Crippen LogP contribution in [0.2, 0.25) is 5.04 Å². The molecular formula is C45H46FN5O2Si. The van der Waals surface area contributed by atoms with E-state index in [1.54, 1.807) is 0 Å². The van der Waals surface area contributed by atoms with Crippen LogP contribution < -0.4 is 19.7 Å². The number of hydrogen-bond acceptors (Lipinski definition) is 5. The van der Waals surface area contributed by atoms with Gasteiger partial charge in [-0.25, -0.2) is 9.37 Å². The molecule has 9 heteroatoms. The number of rotatable bonds is 12. The molecule has 0 atom stereocenters. The van der Waals surface area contributed by atoms with Crippen LogP contribution in [0.5, 0.6) is 5.75 Å². The number of carbonyl (C=O) groups excluding carboxylic acids is 1. The van der Waals surface area contributed by atoms with Crippen molar-refractivity contribution in [1.82, 2.24) is 14.5 Å². The van der Waals surface area contributed by atoms with Crippen LogP contribution in [0.4, 0.5) is 10.1 Å². The zero-order chi connectivity index (χ0) is 37.7. The molecule has 0 radical (unpaired) electrons. The molecule has 1 aromatic heterocycles. The highest BCUT2D eigenvalue weighted by Gasteiger charge is 2.52. The Kier molecular flexibility index (Phi) is 10.8. The lowest BCUT2D eigenvalue weighted by molar-refractivity contribution is -0.121. The number of carbonyl (C=O) groups is 1. The van der Waals surface area contributed by atoms with Crippen LogP contribution in [-0.4, -0.2) is 54.9 Å². The van der Waals surface area contributed by atoms with Crippen LogP contribution in [0.3, 0.4) is 0 Å². The highest BCUT2D eigenvalue weighted by Crippen LogP contribution is 2.39. The molecule has 1 aliphatic heterocycles. The van der Waals surface area contributed by atoms with Gasteiger partial charge in [0.15, 0.2) is 0 Å². The minimum Gasteiger partial charge on any atom is -0.534 e. The van der Waals surface area contributed by atoms with Gasteiger partial charge in [-0.15, -0.1) is 0 Å². The molecule has 0 bridgehead atoms. The molecule has 0 unspecified atom stereocenters.